The molecule has 1 amide bonds. The number of aromatic amines is 1. The first-order chi connectivity index (χ1) is 17.4. The number of pyridine rings is 1. The fourth-order valence-corrected chi connectivity index (χ4v) is 4.59. The van der Waals surface area contributed by atoms with Crippen molar-refractivity contribution in [2.75, 3.05) is 6.54 Å². The Bertz CT molecular complexity index is 1510. The van der Waals surface area contributed by atoms with E-state index in [1.54, 1.807) is 6.20 Å². The van der Waals surface area contributed by atoms with Gasteiger partial charge in [0.05, 0.1) is 11.0 Å². The Morgan fingerprint density at radius 2 is 1.78 bits per heavy atom. The molecule has 0 spiro atoms. The molecular formula is C30H35N5O. The molecule has 0 fully saturated rings. The van der Waals surface area contributed by atoms with Gasteiger partial charge < -0.3 is 14.5 Å². The Balaban J connectivity index is 0.00000148. The fraction of sp³-hybridized carbons (Fsp3) is 0.300. The number of aryl methyl sites for hydroxylation is 3. The Labute approximate surface area is 213 Å². The SMILES string of the molecule is CC.CCCN(Cc1cc(-c2ccc3nc(C)[nH]c3c2)ccc1C)C(=O)c1cc2cccnc2n1C. The maximum atomic E-state index is 13.6. The summed E-state index contributed by atoms with van der Waals surface area (Å²) in [5, 5.41) is 0.979. The molecule has 36 heavy (non-hydrogen) atoms. The molecule has 1 N–H and O–H groups in total. The zero-order valence-electron chi connectivity index (χ0n) is 22.1. The number of hydrogen-bond donors (Lipinski definition) is 1. The average Bonchev–Trinajstić information content (AvgIpc) is 3.44. The standard InChI is InChI=1S/C28H29N5O.C2H6/c1-5-13-33(28(34)26-16-22-7-6-12-29-27(22)32(26)4)17-23-14-20(9-8-18(23)2)21-10-11-24-25(15-21)31-19(3)30-24;1-2/h6-12,14-16H,5,13,17H2,1-4H3,(H,30,31);1-2H3. The summed E-state index contributed by atoms with van der Waals surface area (Å²) in [6, 6.07) is 18.6. The van der Waals surface area contributed by atoms with E-state index in [2.05, 4.69) is 65.2 Å². The molecule has 0 saturated carbocycles. The van der Waals surface area contributed by atoms with Gasteiger partial charge in [-0.15, -0.1) is 0 Å². The van der Waals surface area contributed by atoms with E-state index in [9.17, 15) is 4.79 Å². The predicted molar refractivity (Wildman–Crippen MR) is 148 cm³/mol. The lowest BCUT2D eigenvalue weighted by atomic mass is 9.99. The third-order valence-corrected chi connectivity index (χ3v) is 6.43. The highest BCUT2D eigenvalue weighted by molar-refractivity contribution is 5.98. The third kappa shape index (κ3) is 4.89. The minimum atomic E-state index is 0.0292. The van der Waals surface area contributed by atoms with Crippen LogP contribution in [-0.4, -0.2) is 36.9 Å². The van der Waals surface area contributed by atoms with E-state index < -0.39 is 0 Å². The maximum absolute atomic E-state index is 13.6. The van der Waals surface area contributed by atoms with Gasteiger partial charge in [0, 0.05) is 31.7 Å². The van der Waals surface area contributed by atoms with Gasteiger partial charge in [-0.05, 0) is 78.9 Å². The number of nitrogens with zero attached hydrogens (tertiary/aromatic N) is 4. The highest BCUT2D eigenvalue weighted by atomic mass is 16.2. The van der Waals surface area contributed by atoms with Crippen molar-refractivity contribution in [3.05, 3.63) is 83.4 Å². The van der Waals surface area contributed by atoms with Crippen LogP contribution in [0.25, 0.3) is 33.2 Å². The van der Waals surface area contributed by atoms with Gasteiger partial charge in [0.1, 0.15) is 17.2 Å². The second-order valence-corrected chi connectivity index (χ2v) is 8.93. The van der Waals surface area contributed by atoms with Crippen molar-refractivity contribution in [1.29, 1.82) is 0 Å². The van der Waals surface area contributed by atoms with Crippen molar-refractivity contribution >= 4 is 28.0 Å². The first-order valence-corrected chi connectivity index (χ1v) is 12.7. The third-order valence-electron chi connectivity index (χ3n) is 6.43. The molecule has 0 aliphatic rings. The number of nitrogens with one attached hydrogen (secondary N) is 1. The Morgan fingerprint density at radius 3 is 2.53 bits per heavy atom. The number of carbonyl (C=O) groups is 1. The van der Waals surface area contributed by atoms with E-state index in [1.807, 2.05) is 55.5 Å². The van der Waals surface area contributed by atoms with Crippen LogP contribution in [0.3, 0.4) is 0 Å². The first-order valence-electron chi connectivity index (χ1n) is 12.7. The van der Waals surface area contributed by atoms with E-state index in [1.165, 1.54) is 5.56 Å². The molecular weight excluding hydrogens is 446 g/mol. The van der Waals surface area contributed by atoms with Gasteiger partial charge in [0.15, 0.2) is 0 Å². The molecule has 6 heteroatoms. The molecule has 0 radical (unpaired) electrons. The second kappa shape index (κ2) is 10.8. The summed E-state index contributed by atoms with van der Waals surface area (Å²) in [6.45, 7) is 11.4. The summed E-state index contributed by atoms with van der Waals surface area (Å²) in [7, 11) is 1.91. The van der Waals surface area contributed by atoms with Gasteiger partial charge in [-0.25, -0.2) is 9.97 Å². The second-order valence-electron chi connectivity index (χ2n) is 8.93. The summed E-state index contributed by atoms with van der Waals surface area (Å²) in [5.41, 5.74) is 8.08. The van der Waals surface area contributed by atoms with Gasteiger partial charge in [-0.2, -0.15) is 0 Å². The molecule has 5 rings (SSSR count). The molecule has 0 aliphatic heterocycles. The largest absolute Gasteiger partial charge is 0.342 e. The summed E-state index contributed by atoms with van der Waals surface area (Å²) in [6.07, 6.45) is 2.65. The smallest absolute Gasteiger partial charge is 0.270 e. The van der Waals surface area contributed by atoms with Crippen molar-refractivity contribution in [2.45, 2.75) is 47.6 Å². The quantitative estimate of drug-likeness (QED) is 0.290. The minimum Gasteiger partial charge on any atom is -0.342 e. The number of amides is 1. The van der Waals surface area contributed by atoms with Crippen molar-refractivity contribution in [2.24, 2.45) is 7.05 Å². The van der Waals surface area contributed by atoms with Gasteiger partial charge in [-0.1, -0.05) is 39.0 Å². The molecule has 0 unspecified atom stereocenters. The van der Waals surface area contributed by atoms with Crippen LogP contribution in [-0.2, 0) is 13.6 Å². The number of hydrogen-bond acceptors (Lipinski definition) is 3. The molecule has 5 aromatic rings. The predicted octanol–water partition coefficient (Wildman–Crippen LogP) is 6.81. The highest BCUT2D eigenvalue weighted by Crippen LogP contribution is 2.27. The number of aromatic nitrogens is 4. The molecule has 2 aromatic carbocycles. The maximum Gasteiger partial charge on any atom is 0.270 e. The van der Waals surface area contributed by atoms with E-state index in [0.717, 1.165) is 51.0 Å². The van der Waals surface area contributed by atoms with Crippen molar-refractivity contribution in [1.82, 2.24) is 24.4 Å². The molecule has 3 aromatic heterocycles. The van der Waals surface area contributed by atoms with Crippen LogP contribution in [0.2, 0.25) is 0 Å². The number of carbonyl (C=O) groups excluding carboxylic acids is 1. The number of fused-ring (bicyclic) bond motifs is 2. The van der Waals surface area contributed by atoms with Crippen LogP contribution in [0.1, 0.15) is 54.6 Å². The van der Waals surface area contributed by atoms with E-state index >= 15 is 0 Å². The fourth-order valence-electron chi connectivity index (χ4n) is 4.59. The molecule has 0 saturated heterocycles. The van der Waals surface area contributed by atoms with Crippen LogP contribution < -0.4 is 0 Å². The van der Waals surface area contributed by atoms with Crippen LogP contribution in [0.15, 0.2) is 60.8 Å². The first kappa shape index (κ1) is 25.2. The summed E-state index contributed by atoms with van der Waals surface area (Å²) in [4.78, 5) is 27.8. The molecule has 6 nitrogen and oxygen atoms in total. The van der Waals surface area contributed by atoms with Crippen LogP contribution >= 0.6 is 0 Å². The van der Waals surface area contributed by atoms with Gasteiger partial charge in [0.25, 0.3) is 5.91 Å². The molecule has 0 aliphatic carbocycles. The zero-order chi connectivity index (χ0) is 25.8. The Hall–Kier alpha value is -3.93. The highest BCUT2D eigenvalue weighted by Gasteiger charge is 2.21. The summed E-state index contributed by atoms with van der Waals surface area (Å²) >= 11 is 0. The van der Waals surface area contributed by atoms with Gasteiger partial charge >= 0.3 is 0 Å². The van der Waals surface area contributed by atoms with Crippen molar-refractivity contribution < 1.29 is 4.79 Å². The number of rotatable bonds is 6. The Kier molecular flexibility index (Phi) is 7.53. The number of benzene rings is 2. The molecule has 186 valence electrons. The van der Waals surface area contributed by atoms with Crippen molar-refractivity contribution in [3.8, 4) is 11.1 Å². The summed E-state index contributed by atoms with van der Waals surface area (Å²) < 4.78 is 1.89. The monoisotopic (exact) mass is 481 g/mol. The topological polar surface area (TPSA) is 66.8 Å². The van der Waals surface area contributed by atoms with Gasteiger partial charge in [-0.3, -0.25) is 4.79 Å². The van der Waals surface area contributed by atoms with Crippen LogP contribution in [0.5, 0.6) is 0 Å². The normalized spacial score (nSPS) is 10.9. The van der Waals surface area contributed by atoms with Crippen LogP contribution in [0.4, 0.5) is 0 Å². The van der Waals surface area contributed by atoms with E-state index in [-0.39, 0.29) is 5.91 Å². The molecule has 0 bridgehead atoms. The summed E-state index contributed by atoms with van der Waals surface area (Å²) in [5.74, 6) is 0.940. The lowest BCUT2D eigenvalue weighted by molar-refractivity contribution is 0.0733. The Morgan fingerprint density at radius 1 is 1.03 bits per heavy atom. The molecule has 0 atom stereocenters. The van der Waals surface area contributed by atoms with E-state index in [4.69, 9.17) is 0 Å². The lowest BCUT2D eigenvalue weighted by Crippen LogP contribution is -2.32. The number of H-pyrrole nitrogens is 1. The van der Waals surface area contributed by atoms with E-state index in [0.29, 0.717) is 18.8 Å². The number of imidazole rings is 1. The average molecular weight is 482 g/mol. The van der Waals surface area contributed by atoms with Crippen molar-refractivity contribution in [3.63, 3.8) is 0 Å². The van der Waals surface area contributed by atoms with Crippen LogP contribution in [0, 0.1) is 13.8 Å². The molecule has 3 heterocycles. The lowest BCUT2D eigenvalue weighted by Gasteiger charge is -2.24. The van der Waals surface area contributed by atoms with Gasteiger partial charge in [0.2, 0.25) is 0 Å². The zero-order valence-corrected chi connectivity index (χ0v) is 22.1. The minimum absolute atomic E-state index is 0.0292.